The molecule has 6 nitrogen and oxygen atoms in total. The number of nitrogens with one attached hydrogen (secondary N) is 1. The Labute approximate surface area is 175 Å². The fraction of sp³-hybridized carbons (Fsp3) is 0.208. The number of hydrogen-bond acceptors (Lipinski definition) is 4. The lowest BCUT2D eigenvalue weighted by Crippen LogP contribution is -2.20. The molecule has 4 rings (SSSR count). The Balaban J connectivity index is 1.45. The summed E-state index contributed by atoms with van der Waals surface area (Å²) in [5.74, 6) is 0.911. The first-order valence-corrected chi connectivity index (χ1v) is 9.95. The molecule has 0 unspecified atom stereocenters. The molecule has 30 heavy (non-hydrogen) atoms. The fourth-order valence-electron chi connectivity index (χ4n) is 3.16. The highest BCUT2D eigenvalue weighted by Crippen LogP contribution is 2.22. The third kappa shape index (κ3) is 4.33. The van der Waals surface area contributed by atoms with E-state index in [4.69, 9.17) is 4.74 Å². The quantitative estimate of drug-likeness (QED) is 0.501. The Morgan fingerprint density at radius 3 is 2.33 bits per heavy atom. The molecule has 1 N–H and O–H groups in total. The van der Waals surface area contributed by atoms with Gasteiger partial charge in [0.15, 0.2) is 6.61 Å². The van der Waals surface area contributed by atoms with Crippen LogP contribution in [0.1, 0.15) is 30.9 Å². The maximum atomic E-state index is 12.4. The number of ether oxygens (including phenoxy) is 1. The zero-order valence-corrected chi connectivity index (χ0v) is 17.3. The van der Waals surface area contributed by atoms with Gasteiger partial charge in [0.1, 0.15) is 16.8 Å². The standard InChI is InChI=1S/C24H24N4O2/c1-16(2)18-9-11-20(12-10-18)30-15-24(29)25-21-14-23-22(13-17(21)3)26-28(27-23)19-7-5-4-6-8-19/h4-14,16H,15H2,1-3H3,(H,25,29). The summed E-state index contributed by atoms with van der Waals surface area (Å²) in [6.45, 7) is 6.15. The van der Waals surface area contributed by atoms with Gasteiger partial charge in [0.25, 0.3) is 5.91 Å². The maximum absolute atomic E-state index is 12.4. The monoisotopic (exact) mass is 400 g/mol. The molecule has 0 saturated carbocycles. The normalized spacial score (nSPS) is 11.1. The summed E-state index contributed by atoms with van der Waals surface area (Å²) in [6, 6.07) is 21.3. The molecular weight excluding hydrogens is 376 g/mol. The van der Waals surface area contributed by atoms with Gasteiger partial charge in [-0.05, 0) is 60.4 Å². The van der Waals surface area contributed by atoms with Crippen molar-refractivity contribution in [1.29, 1.82) is 0 Å². The van der Waals surface area contributed by atoms with Gasteiger partial charge in [-0.1, -0.05) is 44.2 Å². The molecule has 1 amide bonds. The molecule has 6 heteroatoms. The van der Waals surface area contributed by atoms with E-state index in [0.717, 1.165) is 16.8 Å². The minimum atomic E-state index is -0.221. The van der Waals surface area contributed by atoms with Crippen LogP contribution in [0.2, 0.25) is 0 Å². The molecule has 1 aromatic heterocycles. The number of hydrogen-bond donors (Lipinski definition) is 1. The summed E-state index contributed by atoms with van der Waals surface area (Å²) in [5.41, 5.74) is 5.22. The van der Waals surface area contributed by atoms with Gasteiger partial charge in [0.05, 0.1) is 5.69 Å². The lowest BCUT2D eigenvalue weighted by atomic mass is 10.0. The molecule has 152 valence electrons. The van der Waals surface area contributed by atoms with Gasteiger partial charge in [-0.2, -0.15) is 4.80 Å². The van der Waals surface area contributed by atoms with Gasteiger partial charge < -0.3 is 10.1 Å². The van der Waals surface area contributed by atoms with Gasteiger partial charge in [-0.15, -0.1) is 10.2 Å². The smallest absolute Gasteiger partial charge is 0.262 e. The number of amides is 1. The number of nitrogens with zero attached hydrogens (tertiary/aromatic N) is 3. The molecule has 0 atom stereocenters. The highest BCUT2D eigenvalue weighted by molar-refractivity contribution is 5.95. The first-order valence-electron chi connectivity index (χ1n) is 9.95. The predicted octanol–water partition coefficient (Wildman–Crippen LogP) is 4.87. The third-order valence-corrected chi connectivity index (χ3v) is 4.90. The summed E-state index contributed by atoms with van der Waals surface area (Å²) >= 11 is 0. The van der Waals surface area contributed by atoms with Gasteiger partial charge in [-0.25, -0.2) is 0 Å². The van der Waals surface area contributed by atoms with Crippen molar-refractivity contribution < 1.29 is 9.53 Å². The molecular formula is C24H24N4O2. The predicted molar refractivity (Wildman–Crippen MR) is 118 cm³/mol. The van der Waals surface area contributed by atoms with Crippen molar-refractivity contribution in [2.24, 2.45) is 0 Å². The minimum Gasteiger partial charge on any atom is -0.484 e. The van der Waals surface area contributed by atoms with Crippen molar-refractivity contribution >= 4 is 22.6 Å². The Morgan fingerprint density at radius 2 is 1.67 bits per heavy atom. The second-order valence-electron chi connectivity index (χ2n) is 7.54. The number of carbonyl (C=O) groups excluding carboxylic acids is 1. The lowest BCUT2D eigenvalue weighted by Gasteiger charge is -2.10. The van der Waals surface area contributed by atoms with Crippen LogP contribution in [0.15, 0.2) is 66.7 Å². The van der Waals surface area contributed by atoms with Gasteiger partial charge >= 0.3 is 0 Å². The number of benzene rings is 3. The van der Waals surface area contributed by atoms with Crippen molar-refractivity contribution in [3.63, 3.8) is 0 Å². The van der Waals surface area contributed by atoms with Crippen LogP contribution in [0.4, 0.5) is 5.69 Å². The molecule has 0 aliphatic heterocycles. The molecule has 0 fully saturated rings. The summed E-state index contributed by atoms with van der Waals surface area (Å²) < 4.78 is 5.62. The molecule has 0 bridgehead atoms. The van der Waals surface area contributed by atoms with Gasteiger partial charge in [0.2, 0.25) is 0 Å². The van der Waals surface area contributed by atoms with Crippen LogP contribution >= 0.6 is 0 Å². The van der Waals surface area contributed by atoms with Crippen molar-refractivity contribution in [1.82, 2.24) is 15.0 Å². The molecule has 4 aromatic rings. The third-order valence-electron chi connectivity index (χ3n) is 4.90. The van der Waals surface area contributed by atoms with Crippen LogP contribution in [0.25, 0.3) is 16.7 Å². The van der Waals surface area contributed by atoms with Crippen LogP contribution in [-0.2, 0) is 4.79 Å². The molecule has 0 saturated heterocycles. The number of para-hydroxylation sites is 1. The topological polar surface area (TPSA) is 69.0 Å². The molecule has 1 heterocycles. The zero-order chi connectivity index (χ0) is 21.1. The van der Waals surface area contributed by atoms with Crippen molar-refractivity contribution in [3.05, 3.63) is 77.9 Å². The summed E-state index contributed by atoms with van der Waals surface area (Å²) in [6.07, 6.45) is 0. The zero-order valence-electron chi connectivity index (χ0n) is 17.3. The summed E-state index contributed by atoms with van der Waals surface area (Å²) in [5, 5.41) is 12.0. The van der Waals surface area contributed by atoms with E-state index in [9.17, 15) is 4.79 Å². The van der Waals surface area contributed by atoms with Crippen LogP contribution in [0.5, 0.6) is 5.75 Å². The number of rotatable bonds is 6. The Kier molecular flexibility index (Phi) is 5.48. The Morgan fingerprint density at radius 1 is 1.00 bits per heavy atom. The number of carbonyl (C=O) groups is 1. The second-order valence-corrected chi connectivity index (χ2v) is 7.54. The summed E-state index contributed by atoms with van der Waals surface area (Å²) in [7, 11) is 0. The number of anilines is 1. The first kappa shape index (κ1) is 19.6. The van der Waals surface area contributed by atoms with E-state index in [1.165, 1.54) is 5.56 Å². The van der Waals surface area contributed by atoms with Crippen LogP contribution < -0.4 is 10.1 Å². The average Bonchev–Trinajstić information content (AvgIpc) is 3.16. The van der Waals surface area contributed by atoms with E-state index >= 15 is 0 Å². The van der Waals surface area contributed by atoms with E-state index < -0.39 is 0 Å². The fourth-order valence-corrected chi connectivity index (χ4v) is 3.16. The molecule has 3 aromatic carbocycles. The number of aryl methyl sites for hydroxylation is 1. The first-order chi connectivity index (χ1) is 14.5. The van der Waals surface area contributed by atoms with Crippen molar-refractivity contribution in [3.8, 4) is 11.4 Å². The van der Waals surface area contributed by atoms with Crippen LogP contribution in [0.3, 0.4) is 0 Å². The summed E-state index contributed by atoms with van der Waals surface area (Å²) in [4.78, 5) is 14.0. The Bertz CT molecular complexity index is 1170. The van der Waals surface area contributed by atoms with Gasteiger partial charge in [0, 0.05) is 5.69 Å². The SMILES string of the molecule is Cc1cc2nn(-c3ccccc3)nc2cc1NC(=O)COc1ccc(C(C)C)cc1. The Hall–Kier alpha value is -3.67. The minimum absolute atomic E-state index is 0.0603. The highest BCUT2D eigenvalue weighted by Gasteiger charge is 2.11. The van der Waals surface area contributed by atoms with Crippen LogP contribution in [0, 0.1) is 6.92 Å². The number of fused-ring (bicyclic) bond motifs is 1. The molecule has 0 spiro atoms. The van der Waals surface area contributed by atoms with Crippen LogP contribution in [-0.4, -0.2) is 27.5 Å². The van der Waals surface area contributed by atoms with Crippen molar-refractivity contribution in [2.45, 2.75) is 26.7 Å². The molecule has 0 radical (unpaired) electrons. The van der Waals surface area contributed by atoms with Gasteiger partial charge in [-0.3, -0.25) is 4.79 Å². The number of aromatic nitrogens is 3. The van der Waals surface area contributed by atoms with E-state index in [1.807, 2.05) is 73.7 Å². The van der Waals surface area contributed by atoms with E-state index in [2.05, 4.69) is 29.4 Å². The average molecular weight is 400 g/mol. The van der Waals surface area contributed by atoms with E-state index in [0.29, 0.717) is 22.9 Å². The molecule has 0 aliphatic rings. The molecule has 0 aliphatic carbocycles. The maximum Gasteiger partial charge on any atom is 0.262 e. The van der Waals surface area contributed by atoms with Crippen molar-refractivity contribution in [2.75, 3.05) is 11.9 Å². The highest BCUT2D eigenvalue weighted by atomic mass is 16.5. The second kappa shape index (κ2) is 8.37. The lowest BCUT2D eigenvalue weighted by molar-refractivity contribution is -0.118. The largest absolute Gasteiger partial charge is 0.484 e. The van der Waals surface area contributed by atoms with E-state index in [1.54, 1.807) is 4.80 Å². The van der Waals surface area contributed by atoms with E-state index in [-0.39, 0.29) is 12.5 Å².